The summed E-state index contributed by atoms with van der Waals surface area (Å²) in [6.45, 7) is 5.53. The van der Waals surface area contributed by atoms with Gasteiger partial charge in [0.05, 0.1) is 0 Å². The molecule has 2 rings (SSSR count). The summed E-state index contributed by atoms with van der Waals surface area (Å²) in [5.74, 6) is 1.00. The van der Waals surface area contributed by atoms with Crippen LogP contribution in [0.3, 0.4) is 0 Å². The predicted molar refractivity (Wildman–Crippen MR) is 96.5 cm³/mol. The average molecular weight is 308 g/mol. The van der Waals surface area contributed by atoms with Gasteiger partial charge < -0.3 is 4.74 Å². The van der Waals surface area contributed by atoms with Crippen molar-refractivity contribution >= 4 is 11.9 Å². The van der Waals surface area contributed by atoms with Crippen LogP contribution in [0.5, 0.6) is 5.75 Å². The predicted octanol–water partition coefficient (Wildman–Crippen LogP) is 5.28. The highest BCUT2D eigenvalue weighted by Gasteiger charge is 2.20. The maximum absolute atomic E-state index is 11.2. The first-order valence-electron chi connectivity index (χ1n) is 8.05. The Morgan fingerprint density at radius 1 is 1.26 bits per heavy atom. The van der Waals surface area contributed by atoms with Crippen molar-refractivity contribution < 1.29 is 9.53 Å². The Bertz CT molecular complexity index is 675. The molecule has 120 valence electrons. The lowest BCUT2D eigenvalue weighted by Gasteiger charge is -2.25. The summed E-state index contributed by atoms with van der Waals surface area (Å²) in [4.78, 5) is 11.2. The van der Waals surface area contributed by atoms with Crippen molar-refractivity contribution in [2.45, 2.75) is 39.7 Å². The molecule has 0 saturated carbocycles. The molecule has 23 heavy (non-hydrogen) atoms. The van der Waals surface area contributed by atoms with Crippen molar-refractivity contribution in [3.05, 3.63) is 71.4 Å². The molecule has 0 radical (unpaired) electrons. The lowest BCUT2D eigenvalue weighted by molar-refractivity contribution is -0.112. The molecule has 1 atom stereocenters. The van der Waals surface area contributed by atoms with E-state index in [1.807, 2.05) is 38.1 Å². The second kappa shape index (κ2) is 8.33. The van der Waals surface area contributed by atoms with Crippen LogP contribution in [0.25, 0.3) is 6.08 Å². The first-order chi connectivity index (χ1) is 11.1. The van der Waals surface area contributed by atoms with Gasteiger partial charge in [-0.05, 0) is 63.0 Å². The van der Waals surface area contributed by atoms with Crippen LogP contribution in [0.2, 0.25) is 0 Å². The number of carbonyl (C=O) groups excluding carboxylic acids is 1. The Morgan fingerprint density at radius 2 is 2.04 bits per heavy atom. The van der Waals surface area contributed by atoms with E-state index in [1.165, 1.54) is 0 Å². The third-order valence-corrected chi connectivity index (χ3v) is 3.68. The van der Waals surface area contributed by atoms with E-state index in [-0.39, 0.29) is 11.9 Å². The van der Waals surface area contributed by atoms with Gasteiger partial charge in [0.2, 0.25) is 0 Å². The van der Waals surface area contributed by atoms with E-state index in [0.29, 0.717) is 0 Å². The van der Waals surface area contributed by atoms with Gasteiger partial charge in [0, 0.05) is 5.56 Å². The van der Waals surface area contributed by atoms with Crippen molar-refractivity contribution in [1.29, 1.82) is 0 Å². The number of hydrogen-bond acceptors (Lipinski definition) is 2. The molecule has 1 heterocycles. The van der Waals surface area contributed by atoms with Crippen LogP contribution in [-0.4, -0.2) is 11.9 Å². The third kappa shape index (κ3) is 5.10. The van der Waals surface area contributed by atoms with Crippen molar-refractivity contribution in [1.82, 2.24) is 0 Å². The molecule has 1 aliphatic rings. The number of fused-ring (bicyclic) bond motifs is 1. The Kier molecular flexibility index (Phi) is 6.16. The molecule has 0 amide bonds. The smallest absolute Gasteiger partial charge is 0.152 e. The molecular weight excluding hydrogens is 284 g/mol. The number of hydrogen-bond donors (Lipinski definition) is 0. The quantitative estimate of drug-likeness (QED) is 0.406. The molecule has 0 fully saturated rings. The van der Waals surface area contributed by atoms with Gasteiger partial charge in [0.15, 0.2) is 5.78 Å². The zero-order valence-corrected chi connectivity index (χ0v) is 14.1. The summed E-state index contributed by atoms with van der Waals surface area (Å²) in [5.41, 5.74) is 3.19. The van der Waals surface area contributed by atoms with Gasteiger partial charge in [-0.25, -0.2) is 0 Å². The van der Waals surface area contributed by atoms with Crippen molar-refractivity contribution in [2.24, 2.45) is 0 Å². The Morgan fingerprint density at radius 3 is 2.78 bits per heavy atom. The Labute approximate surface area is 138 Å². The van der Waals surface area contributed by atoms with E-state index in [4.69, 9.17) is 4.74 Å². The van der Waals surface area contributed by atoms with Gasteiger partial charge >= 0.3 is 0 Å². The van der Waals surface area contributed by atoms with Crippen LogP contribution in [0.4, 0.5) is 0 Å². The zero-order valence-electron chi connectivity index (χ0n) is 14.1. The fraction of sp³-hybridized carbons (Fsp3) is 0.286. The zero-order chi connectivity index (χ0) is 16.7. The van der Waals surface area contributed by atoms with Crippen LogP contribution < -0.4 is 4.74 Å². The SMILES string of the molecule is C/C=C/CCC1Oc2ccccc2C=C1/C=C/C(C)=C/C(C)=O. The van der Waals surface area contributed by atoms with E-state index in [1.54, 1.807) is 13.0 Å². The molecule has 0 aromatic heterocycles. The number of allylic oxidation sites excluding steroid dienone is 5. The highest BCUT2D eigenvalue weighted by molar-refractivity contribution is 5.88. The molecule has 1 aromatic carbocycles. The number of ether oxygens (including phenoxy) is 1. The summed E-state index contributed by atoms with van der Waals surface area (Å²) in [6, 6.07) is 8.08. The molecule has 0 saturated heterocycles. The average Bonchev–Trinajstić information content (AvgIpc) is 2.52. The Hall–Kier alpha value is -2.35. The number of carbonyl (C=O) groups is 1. The molecule has 1 aliphatic heterocycles. The van der Waals surface area contributed by atoms with E-state index >= 15 is 0 Å². The van der Waals surface area contributed by atoms with Gasteiger partial charge in [-0.1, -0.05) is 42.5 Å². The van der Waals surface area contributed by atoms with Gasteiger partial charge in [-0.3, -0.25) is 4.79 Å². The number of ketones is 1. The minimum Gasteiger partial charge on any atom is -0.485 e. The summed E-state index contributed by atoms with van der Waals surface area (Å²) in [7, 11) is 0. The molecular formula is C21H24O2. The number of para-hydroxylation sites is 1. The van der Waals surface area contributed by atoms with Crippen LogP contribution in [0.15, 0.2) is 65.8 Å². The monoisotopic (exact) mass is 308 g/mol. The molecule has 2 nitrogen and oxygen atoms in total. The molecule has 1 aromatic rings. The first-order valence-corrected chi connectivity index (χ1v) is 8.05. The van der Waals surface area contributed by atoms with Gasteiger partial charge in [0.25, 0.3) is 0 Å². The van der Waals surface area contributed by atoms with E-state index in [9.17, 15) is 4.79 Å². The number of benzene rings is 1. The fourth-order valence-corrected chi connectivity index (χ4v) is 2.59. The summed E-state index contributed by atoms with van der Waals surface area (Å²) in [6.07, 6.45) is 14.0. The largest absolute Gasteiger partial charge is 0.485 e. The minimum absolute atomic E-state index is 0.0440. The summed E-state index contributed by atoms with van der Waals surface area (Å²) in [5, 5.41) is 0. The molecule has 0 N–H and O–H groups in total. The van der Waals surface area contributed by atoms with Crippen molar-refractivity contribution in [2.75, 3.05) is 0 Å². The van der Waals surface area contributed by atoms with Gasteiger partial charge in [-0.2, -0.15) is 0 Å². The third-order valence-electron chi connectivity index (χ3n) is 3.68. The molecule has 1 unspecified atom stereocenters. The normalized spacial score (nSPS) is 18.0. The van der Waals surface area contributed by atoms with Crippen LogP contribution in [0.1, 0.15) is 39.2 Å². The Balaban J connectivity index is 2.24. The highest BCUT2D eigenvalue weighted by Crippen LogP contribution is 2.31. The van der Waals surface area contributed by atoms with E-state index in [0.717, 1.165) is 35.3 Å². The minimum atomic E-state index is 0.0440. The van der Waals surface area contributed by atoms with Gasteiger partial charge in [0.1, 0.15) is 11.9 Å². The second-order valence-electron chi connectivity index (χ2n) is 5.77. The highest BCUT2D eigenvalue weighted by atomic mass is 16.5. The van der Waals surface area contributed by atoms with E-state index in [2.05, 4.69) is 30.4 Å². The summed E-state index contributed by atoms with van der Waals surface area (Å²) >= 11 is 0. The van der Waals surface area contributed by atoms with Crippen LogP contribution in [-0.2, 0) is 4.79 Å². The number of rotatable bonds is 6. The lowest BCUT2D eigenvalue weighted by atomic mass is 9.97. The molecule has 0 bridgehead atoms. The van der Waals surface area contributed by atoms with Crippen molar-refractivity contribution in [3.63, 3.8) is 0 Å². The van der Waals surface area contributed by atoms with Gasteiger partial charge in [-0.15, -0.1) is 0 Å². The topological polar surface area (TPSA) is 26.3 Å². The second-order valence-corrected chi connectivity index (χ2v) is 5.77. The molecule has 2 heteroatoms. The van der Waals surface area contributed by atoms with Crippen LogP contribution in [0, 0.1) is 0 Å². The molecule has 0 aliphatic carbocycles. The first kappa shape index (κ1) is 17.0. The van der Waals surface area contributed by atoms with Crippen molar-refractivity contribution in [3.8, 4) is 5.75 Å². The molecule has 0 spiro atoms. The summed E-state index contributed by atoms with van der Waals surface area (Å²) < 4.78 is 6.16. The van der Waals surface area contributed by atoms with E-state index < -0.39 is 0 Å². The maximum atomic E-state index is 11.2. The fourth-order valence-electron chi connectivity index (χ4n) is 2.59. The standard InChI is InChI=1S/C21H24O2/c1-4-5-6-10-21-19(13-12-16(2)14-17(3)22)15-18-9-7-8-11-20(18)23-21/h4-5,7-9,11-15,21H,6,10H2,1-3H3/b5-4+,13-12+,16-14+. The lowest BCUT2D eigenvalue weighted by Crippen LogP contribution is -2.21. The maximum Gasteiger partial charge on any atom is 0.152 e. The van der Waals surface area contributed by atoms with Crippen LogP contribution >= 0.6 is 0 Å².